The summed E-state index contributed by atoms with van der Waals surface area (Å²) in [5, 5.41) is 1.01. The molecule has 1 heterocycles. The number of aryl methyl sites for hydroxylation is 2. The van der Waals surface area contributed by atoms with Gasteiger partial charge in [-0.1, -0.05) is 42.5 Å². The molecule has 1 aromatic heterocycles. The molecule has 3 nitrogen and oxygen atoms in total. The normalized spacial score (nSPS) is 12.7. The number of para-hydroxylation sites is 1. The monoisotopic (exact) mass is 320 g/mol. The molecule has 0 aliphatic heterocycles. The summed E-state index contributed by atoms with van der Waals surface area (Å²) in [7, 11) is 2.01. The predicted octanol–water partition coefficient (Wildman–Crippen LogP) is 4.49. The number of fused-ring (bicyclic) bond motifs is 1. The zero-order valence-corrected chi connectivity index (χ0v) is 14.8. The van der Waals surface area contributed by atoms with Gasteiger partial charge in [-0.25, -0.2) is 0 Å². The minimum Gasteiger partial charge on any atom is -0.358 e. The molecule has 0 amide bonds. The Morgan fingerprint density at radius 3 is 2.50 bits per heavy atom. The number of aromatic amines is 1. The summed E-state index contributed by atoms with van der Waals surface area (Å²) in [6.07, 6.45) is 0. The van der Waals surface area contributed by atoms with Crippen molar-refractivity contribution in [1.29, 1.82) is 0 Å². The van der Waals surface area contributed by atoms with E-state index in [2.05, 4.69) is 28.9 Å². The number of nitrogens with zero attached hydrogens (tertiary/aromatic N) is 1. The molecule has 0 fully saturated rings. The third-order valence-corrected chi connectivity index (χ3v) is 4.86. The lowest BCUT2D eigenvalue weighted by Gasteiger charge is -2.24. The van der Waals surface area contributed by atoms with Gasteiger partial charge in [0.25, 0.3) is 0 Å². The van der Waals surface area contributed by atoms with Crippen molar-refractivity contribution in [1.82, 2.24) is 9.88 Å². The van der Waals surface area contributed by atoms with Crippen molar-refractivity contribution in [2.45, 2.75) is 33.4 Å². The van der Waals surface area contributed by atoms with Crippen molar-refractivity contribution in [3.8, 4) is 0 Å². The molecule has 0 saturated heterocycles. The molecule has 0 aliphatic rings. The quantitative estimate of drug-likeness (QED) is 0.703. The highest BCUT2D eigenvalue weighted by Gasteiger charge is 2.24. The molecule has 124 valence electrons. The van der Waals surface area contributed by atoms with E-state index in [0.29, 0.717) is 0 Å². The summed E-state index contributed by atoms with van der Waals surface area (Å²) >= 11 is 0. The van der Waals surface area contributed by atoms with E-state index in [1.807, 2.05) is 57.3 Å². The number of H-pyrrole nitrogens is 1. The smallest absolute Gasteiger partial charge is 0.182 e. The molecule has 24 heavy (non-hydrogen) atoms. The average Bonchev–Trinajstić information content (AvgIpc) is 2.91. The van der Waals surface area contributed by atoms with Crippen molar-refractivity contribution < 1.29 is 4.79 Å². The molecule has 3 aromatic rings. The van der Waals surface area contributed by atoms with Crippen LogP contribution < -0.4 is 0 Å². The maximum absolute atomic E-state index is 13.1. The van der Waals surface area contributed by atoms with Crippen LogP contribution in [0, 0.1) is 13.8 Å². The van der Waals surface area contributed by atoms with Crippen LogP contribution in [0.4, 0.5) is 0 Å². The zero-order chi connectivity index (χ0) is 17.3. The van der Waals surface area contributed by atoms with Crippen LogP contribution in [0.25, 0.3) is 10.9 Å². The number of carbonyl (C=O) groups is 1. The van der Waals surface area contributed by atoms with Crippen LogP contribution in [0.15, 0.2) is 48.5 Å². The van der Waals surface area contributed by atoms with Crippen molar-refractivity contribution in [3.63, 3.8) is 0 Å². The van der Waals surface area contributed by atoms with Gasteiger partial charge in [-0.15, -0.1) is 0 Å². The minimum absolute atomic E-state index is 0.168. The van der Waals surface area contributed by atoms with Crippen molar-refractivity contribution >= 4 is 16.7 Å². The number of nitrogens with one attached hydrogen (secondary N) is 1. The predicted molar refractivity (Wildman–Crippen MR) is 99.5 cm³/mol. The van der Waals surface area contributed by atoms with Gasteiger partial charge in [0, 0.05) is 28.7 Å². The molecule has 0 aliphatic carbocycles. The Balaban J connectivity index is 1.86. The van der Waals surface area contributed by atoms with Crippen LogP contribution in [-0.2, 0) is 6.54 Å². The summed E-state index contributed by atoms with van der Waals surface area (Å²) in [4.78, 5) is 18.5. The maximum Gasteiger partial charge on any atom is 0.182 e. The molecule has 1 N–H and O–H groups in total. The highest BCUT2D eigenvalue weighted by atomic mass is 16.1. The van der Waals surface area contributed by atoms with Crippen LogP contribution in [0.1, 0.15) is 34.1 Å². The number of Topliss-reactive ketones (excluding diaryl/α,β-unsaturated/α-hetero) is 1. The first kappa shape index (κ1) is 16.5. The number of rotatable bonds is 5. The summed E-state index contributed by atoms with van der Waals surface area (Å²) in [5.74, 6) is 0.168. The molecule has 0 bridgehead atoms. The first-order valence-electron chi connectivity index (χ1n) is 8.35. The summed E-state index contributed by atoms with van der Waals surface area (Å²) in [6, 6.07) is 16.1. The Kier molecular flexibility index (Phi) is 4.54. The first-order chi connectivity index (χ1) is 11.5. The zero-order valence-electron chi connectivity index (χ0n) is 14.8. The van der Waals surface area contributed by atoms with Gasteiger partial charge in [-0.2, -0.15) is 0 Å². The van der Waals surface area contributed by atoms with E-state index >= 15 is 0 Å². The minimum atomic E-state index is -0.178. The fourth-order valence-electron chi connectivity index (χ4n) is 3.20. The van der Waals surface area contributed by atoms with Gasteiger partial charge in [0.05, 0.1) is 6.04 Å². The number of likely N-dealkylation sites (N-methyl/N-ethyl adjacent to an activating group) is 1. The van der Waals surface area contributed by atoms with Crippen LogP contribution in [0.3, 0.4) is 0 Å². The fraction of sp³-hybridized carbons (Fsp3) is 0.286. The molecule has 3 rings (SSSR count). The molecular weight excluding hydrogens is 296 g/mol. The lowest BCUT2D eigenvalue weighted by Crippen LogP contribution is -2.36. The lowest BCUT2D eigenvalue weighted by molar-refractivity contribution is 0.0863. The Morgan fingerprint density at radius 2 is 1.75 bits per heavy atom. The van der Waals surface area contributed by atoms with Gasteiger partial charge in [0.15, 0.2) is 5.78 Å². The molecule has 0 radical (unpaired) electrons. The number of hydrogen-bond donors (Lipinski definition) is 1. The van der Waals surface area contributed by atoms with E-state index < -0.39 is 0 Å². The highest BCUT2D eigenvalue weighted by molar-refractivity contribution is 6.11. The second kappa shape index (κ2) is 6.62. The van der Waals surface area contributed by atoms with E-state index in [-0.39, 0.29) is 11.8 Å². The Bertz CT molecular complexity index is 878. The lowest BCUT2D eigenvalue weighted by atomic mass is 10.0. The van der Waals surface area contributed by atoms with E-state index in [4.69, 9.17) is 0 Å². The first-order valence-corrected chi connectivity index (χ1v) is 8.35. The molecular formula is C21H24N2O. The highest BCUT2D eigenvalue weighted by Crippen LogP contribution is 2.24. The molecule has 1 atom stereocenters. The Hall–Kier alpha value is -2.39. The van der Waals surface area contributed by atoms with Crippen LogP contribution in [0.2, 0.25) is 0 Å². The topological polar surface area (TPSA) is 36.1 Å². The number of benzene rings is 2. The van der Waals surface area contributed by atoms with Crippen LogP contribution in [-0.4, -0.2) is 28.8 Å². The number of hydrogen-bond acceptors (Lipinski definition) is 2. The van der Waals surface area contributed by atoms with E-state index in [0.717, 1.165) is 28.7 Å². The van der Waals surface area contributed by atoms with E-state index in [9.17, 15) is 4.79 Å². The van der Waals surface area contributed by atoms with E-state index in [1.54, 1.807) is 0 Å². The van der Waals surface area contributed by atoms with Gasteiger partial charge in [0.2, 0.25) is 0 Å². The van der Waals surface area contributed by atoms with Gasteiger partial charge in [-0.05, 0) is 45.0 Å². The van der Waals surface area contributed by atoms with E-state index in [1.165, 1.54) is 11.1 Å². The second-order valence-electron chi connectivity index (χ2n) is 6.55. The van der Waals surface area contributed by atoms with Gasteiger partial charge >= 0.3 is 0 Å². The number of carbonyl (C=O) groups excluding carboxylic acids is 1. The van der Waals surface area contributed by atoms with Crippen molar-refractivity contribution in [3.05, 3.63) is 70.9 Å². The van der Waals surface area contributed by atoms with Crippen molar-refractivity contribution in [2.24, 2.45) is 0 Å². The van der Waals surface area contributed by atoms with Gasteiger partial charge < -0.3 is 4.98 Å². The summed E-state index contributed by atoms with van der Waals surface area (Å²) in [5.41, 5.74) is 5.29. The number of aromatic nitrogens is 1. The Labute approximate surface area is 143 Å². The van der Waals surface area contributed by atoms with Crippen molar-refractivity contribution in [2.75, 3.05) is 7.05 Å². The third kappa shape index (κ3) is 3.00. The van der Waals surface area contributed by atoms with Gasteiger partial charge in [0.1, 0.15) is 0 Å². The molecule has 2 aromatic carbocycles. The van der Waals surface area contributed by atoms with Crippen LogP contribution >= 0.6 is 0 Å². The third-order valence-electron chi connectivity index (χ3n) is 4.86. The standard InChI is InChI=1S/C21H24N2O/c1-14-9-5-6-10-17(14)13-23(4)16(3)21(24)20-15(2)22-19-12-8-7-11-18(19)20/h5-12,16,22H,13H2,1-4H3/t16-/m0/s1. The van der Waals surface area contributed by atoms with Crippen LogP contribution in [0.5, 0.6) is 0 Å². The maximum atomic E-state index is 13.1. The molecule has 0 spiro atoms. The Morgan fingerprint density at radius 1 is 1.08 bits per heavy atom. The second-order valence-corrected chi connectivity index (χ2v) is 6.55. The largest absolute Gasteiger partial charge is 0.358 e. The summed E-state index contributed by atoms with van der Waals surface area (Å²) < 4.78 is 0. The van der Waals surface area contributed by atoms with Gasteiger partial charge in [-0.3, -0.25) is 9.69 Å². The molecule has 0 saturated carbocycles. The summed E-state index contributed by atoms with van der Waals surface area (Å²) in [6.45, 7) is 6.84. The fourth-order valence-corrected chi connectivity index (χ4v) is 3.20. The molecule has 3 heteroatoms. The SMILES string of the molecule is Cc1ccccc1CN(C)[C@@H](C)C(=O)c1c(C)[nH]c2ccccc12. The average molecular weight is 320 g/mol. The molecule has 0 unspecified atom stereocenters. The number of ketones is 1.